The Morgan fingerprint density at radius 1 is 1.43 bits per heavy atom. The second-order valence-electron chi connectivity index (χ2n) is 5.23. The van der Waals surface area contributed by atoms with Crippen LogP contribution >= 0.6 is 11.8 Å². The summed E-state index contributed by atoms with van der Waals surface area (Å²) in [5.74, 6) is 5.77. The Labute approximate surface area is 131 Å². The number of nitrogens with two attached hydrogens (primary N) is 1. The van der Waals surface area contributed by atoms with E-state index in [0.29, 0.717) is 17.4 Å². The van der Waals surface area contributed by atoms with Gasteiger partial charge in [-0.05, 0) is 37.3 Å². The fraction of sp³-hybridized carbons (Fsp3) is 0.471. The van der Waals surface area contributed by atoms with Crippen molar-refractivity contribution in [3.05, 3.63) is 35.4 Å². The van der Waals surface area contributed by atoms with E-state index in [4.69, 9.17) is 5.73 Å². The zero-order chi connectivity index (χ0) is 15.1. The minimum absolute atomic E-state index is 0.00246. The van der Waals surface area contributed by atoms with Crippen molar-refractivity contribution in [3.8, 4) is 11.8 Å². The van der Waals surface area contributed by atoms with E-state index in [0.717, 1.165) is 12.0 Å². The lowest BCUT2D eigenvalue weighted by atomic mass is 9.94. The van der Waals surface area contributed by atoms with Gasteiger partial charge in [0.05, 0.1) is 6.54 Å². The van der Waals surface area contributed by atoms with Crippen LogP contribution in [0.5, 0.6) is 0 Å². The number of carbonyl (C=O) groups is 1. The van der Waals surface area contributed by atoms with Crippen LogP contribution in [0.25, 0.3) is 0 Å². The first kappa shape index (κ1) is 15.9. The van der Waals surface area contributed by atoms with Crippen LogP contribution in [-0.2, 0) is 0 Å². The van der Waals surface area contributed by atoms with E-state index in [1.807, 2.05) is 36.0 Å². The molecular weight excluding hydrogens is 280 g/mol. The Morgan fingerprint density at radius 2 is 2.24 bits per heavy atom. The molecule has 1 fully saturated rings. The number of nitrogens with one attached hydrogen (secondary N) is 1. The summed E-state index contributed by atoms with van der Waals surface area (Å²) in [7, 11) is 0. The average Bonchev–Trinajstić information content (AvgIpc) is 2.53. The van der Waals surface area contributed by atoms with Gasteiger partial charge < -0.3 is 11.1 Å². The van der Waals surface area contributed by atoms with Gasteiger partial charge in [0, 0.05) is 22.4 Å². The largest absolute Gasteiger partial charge is 0.348 e. The molecule has 0 radical (unpaired) electrons. The molecule has 0 aliphatic heterocycles. The maximum absolute atomic E-state index is 12.4. The molecule has 3 nitrogen and oxygen atoms in total. The van der Waals surface area contributed by atoms with Gasteiger partial charge in [0.15, 0.2) is 0 Å². The molecule has 2 unspecified atom stereocenters. The summed E-state index contributed by atoms with van der Waals surface area (Å²) in [6, 6.07) is 7.70. The zero-order valence-electron chi connectivity index (χ0n) is 12.4. The first-order valence-electron chi connectivity index (χ1n) is 7.37. The molecule has 1 aliphatic rings. The Bertz CT molecular complexity index is 547. The number of thioether (sulfide) groups is 1. The van der Waals surface area contributed by atoms with Crippen LogP contribution in [0.3, 0.4) is 0 Å². The van der Waals surface area contributed by atoms with Crippen LogP contribution in [0.4, 0.5) is 0 Å². The van der Waals surface area contributed by atoms with Crippen molar-refractivity contribution < 1.29 is 4.79 Å². The third-order valence-corrected chi connectivity index (χ3v) is 4.95. The molecule has 2 rings (SSSR count). The van der Waals surface area contributed by atoms with Gasteiger partial charge in [-0.2, -0.15) is 11.8 Å². The van der Waals surface area contributed by atoms with Crippen LogP contribution in [-0.4, -0.2) is 30.0 Å². The molecule has 0 spiro atoms. The number of carbonyl (C=O) groups excluding carboxylic acids is 1. The molecule has 0 aromatic heterocycles. The molecule has 112 valence electrons. The number of hydrogen-bond donors (Lipinski definition) is 2. The molecule has 2 atom stereocenters. The Balaban J connectivity index is 2.05. The molecule has 0 bridgehead atoms. The van der Waals surface area contributed by atoms with Gasteiger partial charge >= 0.3 is 0 Å². The van der Waals surface area contributed by atoms with Crippen LogP contribution in [0.15, 0.2) is 24.3 Å². The Hall–Kier alpha value is -1.44. The highest BCUT2D eigenvalue weighted by Gasteiger charge is 2.25. The third-order valence-electron chi connectivity index (χ3n) is 3.78. The van der Waals surface area contributed by atoms with Crippen LogP contribution in [0.1, 0.15) is 41.6 Å². The fourth-order valence-electron chi connectivity index (χ4n) is 2.69. The Morgan fingerprint density at radius 3 is 3.00 bits per heavy atom. The van der Waals surface area contributed by atoms with E-state index in [-0.39, 0.29) is 11.9 Å². The summed E-state index contributed by atoms with van der Waals surface area (Å²) in [5, 5.41) is 3.72. The molecular formula is C17H22N2OS. The van der Waals surface area contributed by atoms with Crippen LogP contribution < -0.4 is 11.1 Å². The monoisotopic (exact) mass is 302 g/mol. The van der Waals surface area contributed by atoms with Crippen molar-refractivity contribution in [1.82, 2.24) is 5.32 Å². The predicted octanol–water partition coefficient (Wildman–Crippen LogP) is 2.40. The van der Waals surface area contributed by atoms with Gasteiger partial charge in [-0.1, -0.05) is 30.7 Å². The predicted molar refractivity (Wildman–Crippen MR) is 89.4 cm³/mol. The second kappa shape index (κ2) is 8.11. The summed E-state index contributed by atoms with van der Waals surface area (Å²) in [6.45, 7) is 0.327. The van der Waals surface area contributed by atoms with Crippen molar-refractivity contribution in [2.75, 3.05) is 12.8 Å². The van der Waals surface area contributed by atoms with E-state index in [2.05, 4.69) is 23.4 Å². The van der Waals surface area contributed by atoms with Crippen molar-refractivity contribution in [1.29, 1.82) is 0 Å². The fourth-order valence-corrected chi connectivity index (χ4v) is 3.62. The standard InChI is InChI=1S/C17H22N2OS/c1-21-16-10-3-2-9-15(16)19-17(20)14-8-4-6-13(12-14)7-5-11-18/h4,6,8,12,15-16H,2-3,9-11,18H2,1H3,(H,19,20). The van der Waals surface area contributed by atoms with E-state index < -0.39 is 0 Å². The molecule has 4 heteroatoms. The normalized spacial score (nSPS) is 21.2. The lowest BCUT2D eigenvalue weighted by molar-refractivity contribution is 0.0929. The minimum atomic E-state index is -0.00246. The smallest absolute Gasteiger partial charge is 0.251 e. The maximum atomic E-state index is 12.4. The highest BCUT2D eigenvalue weighted by Crippen LogP contribution is 2.27. The zero-order valence-corrected chi connectivity index (χ0v) is 13.2. The molecule has 1 aliphatic carbocycles. The van der Waals surface area contributed by atoms with Crippen molar-refractivity contribution in [2.24, 2.45) is 5.73 Å². The Kier molecular flexibility index (Phi) is 6.16. The molecule has 1 aromatic rings. The number of rotatable bonds is 3. The summed E-state index contributed by atoms with van der Waals surface area (Å²) < 4.78 is 0. The van der Waals surface area contributed by atoms with Crippen molar-refractivity contribution in [3.63, 3.8) is 0 Å². The minimum Gasteiger partial charge on any atom is -0.348 e. The van der Waals surface area contributed by atoms with Crippen molar-refractivity contribution >= 4 is 17.7 Å². The van der Waals surface area contributed by atoms with E-state index in [1.54, 1.807) is 0 Å². The maximum Gasteiger partial charge on any atom is 0.251 e. The van der Waals surface area contributed by atoms with Gasteiger partial charge in [0.1, 0.15) is 0 Å². The molecule has 1 aromatic carbocycles. The highest BCUT2D eigenvalue weighted by molar-refractivity contribution is 7.99. The number of amides is 1. The van der Waals surface area contributed by atoms with E-state index in [9.17, 15) is 4.79 Å². The van der Waals surface area contributed by atoms with Gasteiger partial charge in [0.25, 0.3) is 5.91 Å². The van der Waals surface area contributed by atoms with Gasteiger partial charge in [-0.25, -0.2) is 0 Å². The molecule has 21 heavy (non-hydrogen) atoms. The third kappa shape index (κ3) is 4.52. The second-order valence-corrected chi connectivity index (χ2v) is 6.30. The van der Waals surface area contributed by atoms with Gasteiger partial charge in [-0.3, -0.25) is 4.79 Å². The number of hydrogen-bond acceptors (Lipinski definition) is 3. The lowest BCUT2D eigenvalue weighted by Crippen LogP contribution is -2.43. The first-order valence-corrected chi connectivity index (χ1v) is 8.66. The molecule has 3 N–H and O–H groups in total. The van der Waals surface area contributed by atoms with Crippen molar-refractivity contribution in [2.45, 2.75) is 37.0 Å². The molecule has 0 heterocycles. The van der Waals surface area contributed by atoms with Crippen LogP contribution in [0, 0.1) is 11.8 Å². The molecule has 1 amide bonds. The van der Waals surface area contributed by atoms with Crippen LogP contribution in [0.2, 0.25) is 0 Å². The van der Waals surface area contributed by atoms with Gasteiger partial charge in [0.2, 0.25) is 0 Å². The number of benzene rings is 1. The summed E-state index contributed by atoms with van der Waals surface area (Å²) in [5.41, 5.74) is 6.88. The van der Waals surface area contributed by atoms with E-state index >= 15 is 0 Å². The topological polar surface area (TPSA) is 55.1 Å². The lowest BCUT2D eigenvalue weighted by Gasteiger charge is -2.30. The quantitative estimate of drug-likeness (QED) is 0.843. The molecule has 1 saturated carbocycles. The van der Waals surface area contributed by atoms with Gasteiger partial charge in [-0.15, -0.1) is 0 Å². The highest BCUT2D eigenvalue weighted by atomic mass is 32.2. The average molecular weight is 302 g/mol. The summed E-state index contributed by atoms with van der Waals surface area (Å²) in [4.78, 5) is 12.4. The molecule has 0 saturated heterocycles. The first-order chi connectivity index (χ1) is 10.2. The summed E-state index contributed by atoms with van der Waals surface area (Å²) in [6.07, 6.45) is 6.85. The summed E-state index contributed by atoms with van der Waals surface area (Å²) >= 11 is 1.85. The van der Waals surface area contributed by atoms with E-state index in [1.165, 1.54) is 19.3 Å². The SMILES string of the molecule is CSC1CCCCC1NC(=O)c1cccc(C#CCN)c1.